The summed E-state index contributed by atoms with van der Waals surface area (Å²) in [7, 11) is 3.22. The SMILES string of the molecule is COc1ccc(Nc2nc(NCC(=O)Nc3cccc(C)c3C)nc(Nc3ccc(OC)cc3)n2)cc1. The van der Waals surface area contributed by atoms with Crippen LogP contribution in [0.3, 0.4) is 0 Å². The molecule has 0 aliphatic heterocycles. The van der Waals surface area contributed by atoms with Crippen molar-refractivity contribution >= 4 is 40.8 Å². The number of methoxy groups -OCH3 is 2. The van der Waals surface area contributed by atoms with Gasteiger partial charge in [-0.05, 0) is 79.6 Å². The Morgan fingerprint density at radius 3 is 1.76 bits per heavy atom. The van der Waals surface area contributed by atoms with Crippen LogP contribution in [0.15, 0.2) is 66.7 Å². The molecule has 0 radical (unpaired) electrons. The van der Waals surface area contributed by atoms with E-state index in [2.05, 4.69) is 36.2 Å². The van der Waals surface area contributed by atoms with Gasteiger partial charge in [0.25, 0.3) is 0 Å². The average Bonchev–Trinajstić information content (AvgIpc) is 2.91. The lowest BCUT2D eigenvalue weighted by Gasteiger charge is -2.13. The molecular formula is C27H29N7O3. The molecule has 190 valence electrons. The summed E-state index contributed by atoms with van der Waals surface area (Å²) in [6.07, 6.45) is 0. The third-order valence-corrected chi connectivity index (χ3v) is 5.61. The Morgan fingerprint density at radius 1 is 0.730 bits per heavy atom. The second-order valence-electron chi connectivity index (χ2n) is 8.16. The Hall–Kier alpha value is -4.86. The largest absolute Gasteiger partial charge is 0.497 e. The molecule has 0 aliphatic carbocycles. The lowest BCUT2D eigenvalue weighted by Crippen LogP contribution is -2.23. The molecule has 0 fully saturated rings. The number of rotatable bonds is 10. The third-order valence-electron chi connectivity index (χ3n) is 5.61. The summed E-state index contributed by atoms with van der Waals surface area (Å²) in [4.78, 5) is 26.0. The van der Waals surface area contributed by atoms with E-state index in [4.69, 9.17) is 9.47 Å². The fraction of sp³-hybridized carbons (Fsp3) is 0.185. The maximum absolute atomic E-state index is 12.6. The molecule has 0 saturated carbocycles. The minimum Gasteiger partial charge on any atom is -0.497 e. The normalized spacial score (nSPS) is 10.4. The van der Waals surface area contributed by atoms with Crippen LogP contribution in [0.4, 0.5) is 34.9 Å². The molecule has 4 aromatic rings. The van der Waals surface area contributed by atoms with Crippen LogP contribution in [-0.2, 0) is 4.79 Å². The number of aromatic nitrogens is 3. The van der Waals surface area contributed by atoms with E-state index in [1.807, 2.05) is 80.6 Å². The van der Waals surface area contributed by atoms with Crippen LogP contribution in [-0.4, -0.2) is 41.6 Å². The molecule has 0 bridgehead atoms. The van der Waals surface area contributed by atoms with Gasteiger partial charge in [0.1, 0.15) is 11.5 Å². The first-order valence-electron chi connectivity index (χ1n) is 11.6. The minimum atomic E-state index is -0.219. The Bertz CT molecular complexity index is 1290. The number of hydrogen-bond donors (Lipinski definition) is 4. The summed E-state index contributed by atoms with van der Waals surface area (Å²) in [6, 6.07) is 20.5. The summed E-state index contributed by atoms with van der Waals surface area (Å²) >= 11 is 0. The fourth-order valence-electron chi connectivity index (χ4n) is 3.41. The lowest BCUT2D eigenvalue weighted by molar-refractivity contribution is -0.114. The van der Waals surface area contributed by atoms with E-state index in [1.54, 1.807) is 14.2 Å². The Kier molecular flexibility index (Phi) is 7.99. The van der Waals surface area contributed by atoms with Gasteiger partial charge in [-0.15, -0.1) is 0 Å². The second-order valence-corrected chi connectivity index (χ2v) is 8.16. The van der Waals surface area contributed by atoms with E-state index < -0.39 is 0 Å². The van der Waals surface area contributed by atoms with Crippen molar-refractivity contribution in [2.75, 3.05) is 42.0 Å². The van der Waals surface area contributed by atoms with Gasteiger partial charge in [0.05, 0.1) is 20.8 Å². The molecule has 10 nitrogen and oxygen atoms in total. The van der Waals surface area contributed by atoms with Gasteiger partial charge < -0.3 is 30.7 Å². The van der Waals surface area contributed by atoms with Crippen LogP contribution < -0.4 is 30.7 Å². The van der Waals surface area contributed by atoms with Crippen molar-refractivity contribution in [2.24, 2.45) is 0 Å². The maximum Gasteiger partial charge on any atom is 0.243 e. The molecule has 0 aliphatic rings. The van der Waals surface area contributed by atoms with Crippen molar-refractivity contribution < 1.29 is 14.3 Å². The standard InChI is InChI=1S/C27H29N7O3/c1-17-6-5-7-23(18(17)2)31-24(35)16-28-25-32-26(29-19-8-12-21(36-3)13-9-19)34-27(33-25)30-20-10-14-22(37-4)15-11-20/h5-15H,16H2,1-4H3,(H,31,35)(H3,28,29,30,32,33,34). The third kappa shape index (κ3) is 6.85. The summed E-state index contributed by atoms with van der Waals surface area (Å²) in [5, 5.41) is 12.2. The van der Waals surface area contributed by atoms with E-state index in [-0.39, 0.29) is 18.4 Å². The van der Waals surface area contributed by atoms with Crippen LogP contribution in [0.25, 0.3) is 0 Å². The topological polar surface area (TPSA) is 122 Å². The Balaban J connectivity index is 1.52. The molecule has 1 aromatic heterocycles. The number of aryl methyl sites for hydroxylation is 1. The van der Waals surface area contributed by atoms with Crippen molar-refractivity contribution in [1.29, 1.82) is 0 Å². The highest BCUT2D eigenvalue weighted by molar-refractivity contribution is 5.94. The maximum atomic E-state index is 12.6. The van der Waals surface area contributed by atoms with Gasteiger partial charge in [-0.3, -0.25) is 4.79 Å². The zero-order chi connectivity index (χ0) is 26.2. The molecule has 0 saturated heterocycles. The van der Waals surface area contributed by atoms with Crippen molar-refractivity contribution in [2.45, 2.75) is 13.8 Å². The first-order valence-corrected chi connectivity index (χ1v) is 11.6. The van der Waals surface area contributed by atoms with E-state index in [0.29, 0.717) is 11.9 Å². The van der Waals surface area contributed by atoms with Gasteiger partial charge in [-0.1, -0.05) is 12.1 Å². The molecule has 0 atom stereocenters. The summed E-state index contributed by atoms with van der Waals surface area (Å²) in [5.74, 6) is 2.09. The Labute approximate surface area is 215 Å². The quantitative estimate of drug-likeness (QED) is 0.238. The summed E-state index contributed by atoms with van der Waals surface area (Å²) in [6.45, 7) is 3.95. The van der Waals surface area contributed by atoms with Gasteiger partial charge in [-0.25, -0.2) is 0 Å². The van der Waals surface area contributed by atoms with E-state index in [1.165, 1.54) is 0 Å². The molecule has 4 rings (SSSR count). The first-order chi connectivity index (χ1) is 17.9. The number of carbonyl (C=O) groups excluding carboxylic acids is 1. The van der Waals surface area contributed by atoms with Crippen molar-refractivity contribution in [3.63, 3.8) is 0 Å². The minimum absolute atomic E-state index is 0.0264. The first kappa shape index (κ1) is 25.2. The number of ether oxygens (including phenoxy) is 2. The van der Waals surface area contributed by atoms with E-state index >= 15 is 0 Å². The van der Waals surface area contributed by atoms with Crippen molar-refractivity contribution in [3.05, 3.63) is 77.9 Å². The molecule has 1 amide bonds. The molecule has 37 heavy (non-hydrogen) atoms. The summed E-state index contributed by atoms with van der Waals surface area (Å²) < 4.78 is 10.4. The van der Waals surface area contributed by atoms with Gasteiger partial charge in [0, 0.05) is 17.1 Å². The van der Waals surface area contributed by atoms with Crippen LogP contribution in [0, 0.1) is 13.8 Å². The highest BCUT2D eigenvalue weighted by Gasteiger charge is 2.11. The number of anilines is 6. The molecule has 1 heterocycles. The molecular weight excluding hydrogens is 470 g/mol. The fourth-order valence-corrected chi connectivity index (χ4v) is 3.41. The zero-order valence-electron chi connectivity index (χ0n) is 21.1. The van der Waals surface area contributed by atoms with Crippen LogP contribution >= 0.6 is 0 Å². The molecule has 4 N–H and O–H groups in total. The number of nitrogens with one attached hydrogen (secondary N) is 4. The monoisotopic (exact) mass is 499 g/mol. The van der Waals surface area contributed by atoms with Gasteiger partial charge in [-0.2, -0.15) is 15.0 Å². The Morgan fingerprint density at radius 2 is 1.24 bits per heavy atom. The molecule has 3 aromatic carbocycles. The van der Waals surface area contributed by atoms with Gasteiger partial charge >= 0.3 is 0 Å². The number of nitrogens with zero attached hydrogens (tertiary/aromatic N) is 3. The number of hydrogen-bond acceptors (Lipinski definition) is 9. The van der Waals surface area contributed by atoms with Crippen molar-refractivity contribution in [3.8, 4) is 11.5 Å². The summed E-state index contributed by atoms with van der Waals surface area (Å²) in [5.41, 5.74) is 4.42. The molecule has 10 heteroatoms. The molecule has 0 spiro atoms. The number of carbonyl (C=O) groups is 1. The van der Waals surface area contributed by atoms with E-state index in [9.17, 15) is 4.79 Å². The second kappa shape index (κ2) is 11.7. The predicted molar refractivity (Wildman–Crippen MR) is 145 cm³/mol. The number of amides is 1. The van der Waals surface area contributed by atoms with E-state index in [0.717, 1.165) is 39.7 Å². The smallest absolute Gasteiger partial charge is 0.243 e. The highest BCUT2D eigenvalue weighted by atomic mass is 16.5. The van der Waals surface area contributed by atoms with Crippen molar-refractivity contribution in [1.82, 2.24) is 15.0 Å². The highest BCUT2D eigenvalue weighted by Crippen LogP contribution is 2.22. The van der Waals surface area contributed by atoms with Gasteiger partial charge in [0.2, 0.25) is 23.8 Å². The van der Waals surface area contributed by atoms with Gasteiger partial charge in [0.15, 0.2) is 0 Å². The van der Waals surface area contributed by atoms with Crippen LogP contribution in [0.1, 0.15) is 11.1 Å². The number of benzene rings is 3. The van der Waals surface area contributed by atoms with Crippen LogP contribution in [0.5, 0.6) is 11.5 Å². The zero-order valence-corrected chi connectivity index (χ0v) is 21.1. The molecule has 0 unspecified atom stereocenters. The predicted octanol–water partition coefficient (Wildman–Crippen LogP) is 5.04. The lowest BCUT2D eigenvalue weighted by atomic mass is 10.1. The van der Waals surface area contributed by atoms with Crippen LogP contribution in [0.2, 0.25) is 0 Å². The average molecular weight is 500 g/mol.